The monoisotopic (exact) mass is 766 g/mol. The van der Waals surface area contributed by atoms with Crippen LogP contribution in [-0.4, -0.2) is 17.2 Å². The van der Waals surface area contributed by atoms with E-state index in [2.05, 4.69) is 0 Å². The Morgan fingerprint density at radius 3 is 1.49 bits per heavy atom. The number of rotatable bonds is 7. The summed E-state index contributed by atoms with van der Waals surface area (Å²) < 4.78 is 173. The largest absolute Gasteiger partial charge is 0.309 e. The van der Waals surface area contributed by atoms with Crippen LogP contribution in [-0.2, 0) is 0 Å². The Bertz CT molecular complexity index is 3950. The number of fused-ring (bicyclic) bond motifs is 6. The number of aromatic nitrogens is 2. The second kappa shape index (κ2) is 13.9. The van der Waals surface area contributed by atoms with Gasteiger partial charge < -0.3 is 9.13 Å². The zero-order valence-electron chi connectivity index (χ0n) is 48.7. The molecule has 0 unspecified atom stereocenters. The number of benzene rings is 8. The van der Waals surface area contributed by atoms with Gasteiger partial charge in [0.25, 0.3) is 0 Å². The van der Waals surface area contributed by atoms with Crippen LogP contribution in [0.2, 0.25) is 0 Å². The molecule has 1 aliphatic rings. The van der Waals surface area contributed by atoms with E-state index in [9.17, 15) is 19.2 Å². The first-order chi connectivity index (χ1) is 35.8. The normalized spacial score (nSPS) is 18.3. The van der Waals surface area contributed by atoms with Crippen molar-refractivity contribution in [2.24, 2.45) is 0 Å². The van der Waals surface area contributed by atoms with E-state index in [1.54, 1.807) is 0 Å². The zero-order valence-corrected chi connectivity index (χ0v) is 31.7. The van der Waals surface area contributed by atoms with Crippen LogP contribution in [0.15, 0.2) is 200 Å². The average Bonchev–Trinajstić information content (AvgIpc) is 4.05. The molecule has 1 saturated carbocycles. The molecular weight excluding hydrogens is 705 g/mol. The van der Waals surface area contributed by atoms with Crippen molar-refractivity contribution in [3.63, 3.8) is 0 Å². The van der Waals surface area contributed by atoms with E-state index in [-0.39, 0.29) is 61.3 Å². The summed E-state index contributed by atoms with van der Waals surface area (Å²) in [6.07, 6.45) is 3.81. The molecule has 3 heteroatoms. The molecule has 11 rings (SSSR count). The highest BCUT2D eigenvalue weighted by Gasteiger charge is 2.41. The fourth-order valence-corrected chi connectivity index (χ4v) is 13.2. The molecule has 0 saturated heterocycles. The molecule has 8 aromatic carbocycles. The van der Waals surface area contributed by atoms with E-state index in [4.69, 9.17) is 5.48 Å². The third-order valence-corrected chi connectivity index (χ3v) is 16.0. The Kier molecular flexibility index (Phi) is 4.93. The minimum absolute atomic E-state index is 0.0707. The number of hydrogen-bond acceptors (Lipinski definition) is 0. The predicted octanol–water partition coefficient (Wildman–Crippen LogP) is 11.3. The van der Waals surface area contributed by atoms with Gasteiger partial charge in [-0.2, -0.15) is 0 Å². The van der Waals surface area contributed by atoms with Gasteiger partial charge in [-0.05, 0) is 93.4 Å². The van der Waals surface area contributed by atoms with Crippen LogP contribution in [0.1, 0.15) is 68.3 Å². The van der Waals surface area contributed by atoms with Crippen molar-refractivity contribution in [3.8, 4) is 11.4 Å². The lowest BCUT2D eigenvalue weighted by molar-refractivity contribution is 0.444. The fraction of sp³-hybridized carbons (Fsp3) is 0.111. The summed E-state index contributed by atoms with van der Waals surface area (Å²) in [4.78, 5) is 0. The van der Waals surface area contributed by atoms with Crippen molar-refractivity contribution in [1.82, 2.24) is 9.13 Å². The Balaban J connectivity index is 1.34. The summed E-state index contributed by atoms with van der Waals surface area (Å²) in [5.74, 6) is -0.303. The summed E-state index contributed by atoms with van der Waals surface area (Å²) in [6.45, 7) is 0. The fourth-order valence-electron chi connectivity index (χ4n) is 8.79. The lowest BCUT2D eigenvalue weighted by Gasteiger charge is -2.34. The maximum Gasteiger partial charge on any atom is 0.179 e. The number of para-hydroxylation sites is 2. The molecule has 10 aromatic rings. The van der Waals surface area contributed by atoms with Crippen molar-refractivity contribution in [2.45, 2.75) is 38.0 Å². The van der Waals surface area contributed by atoms with E-state index < -0.39 is 127 Å². The maximum absolute atomic E-state index is 10.3. The number of nitrogens with zero attached hydrogens (tertiary/aromatic N) is 2. The third kappa shape index (κ3) is 5.44. The summed E-state index contributed by atoms with van der Waals surface area (Å²) in [6, 6.07) is 16.7. The maximum atomic E-state index is 10.3. The van der Waals surface area contributed by atoms with E-state index in [0.717, 1.165) is 44.0 Å². The van der Waals surface area contributed by atoms with Gasteiger partial charge in [-0.25, -0.2) is 0 Å². The van der Waals surface area contributed by atoms with Crippen LogP contribution in [0.25, 0.3) is 55.0 Å². The lowest BCUT2D eigenvalue weighted by Crippen LogP contribution is -2.74. The molecule has 274 valence electrons. The van der Waals surface area contributed by atoms with Crippen LogP contribution in [0.3, 0.4) is 0 Å². The van der Waals surface area contributed by atoms with Crippen molar-refractivity contribution in [1.29, 1.82) is 0 Å². The first-order valence-corrected chi connectivity index (χ1v) is 21.2. The molecule has 2 nitrogen and oxygen atoms in total. The molecule has 0 bridgehead atoms. The average molecular weight is 767 g/mol. The predicted molar refractivity (Wildman–Crippen MR) is 245 cm³/mol. The van der Waals surface area contributed by atoms with Crippen molar-refractivity contribution in [3.05, 3.63) is 205 Å². The SMILES string of the molecule is [2H]c1c([2H])c([Si](c2ccccc2)(c2ccccc2)c2ccccc2)c([2H])c([2H])c1-n1c2c([2H])c([2H])c([2H])c([2H])c2c2c([2H])c([2H])c(-n3c4c([2H])c([2H])c([2H])c([2H])c4c4c([2H])c(C5CCCCC5)c([2H])c([2H])c43)c([2H])c21. The summed E-state index contributed by atoms with van der Waals surface area (Å²) in [5.41, 5.74) is -2.44. The highest BCUT2D eigenvalue weighted by atomic mass is 28.3. The van der Waals surface area contributed by atoms with Gasteiger partial charge in [-0.1, -0.05) is 171 Å². The van der Waals surface area contributed by atoms with Gasteiger partial charge >= 0.3 is 0 Å². The Hall–Kier alpha value is -6.42. The van der Waals surface area contributed by atoms with Gasteiger partial charge in [-0.3, -0.25) is 0 Å². The van der Waals surface area contributed by atoms with Crippen molar-refractivity contribution in [2.75, 3.05) is 0 Å². The zero-order chi connectivity index (χ0) is 53.4. The Labute approximate surface area is 360 Å². The second-order valence-corrected chi connectivity index (χ2v) is 18.2. The van der Waals surface area contributed by atoms with Gasteiger partial charge in [0, 0.05) is 32.9 Å². The first kappa shape index (κ1) is 20.1. The standard InChI is InChI=1S/C54H44N2Si/c1-5-17-39(18-6-1)40-29-36-53-50(37-40)48-26-14-16-28-52(48)56(53)42-32-35-49-47-25-13-15-27-51(47)55(54(49)38-42)41-30-33-46(34-31-41)57(43-19-7-2-8-20-43,44-21-9-3-10-22-44)45-23-11-4-12-24-45/h2-4,7-16,19-39H,1,5-6,17-18H2/i13D,14D,15D,16D,25D,26D,27D,28D,29D,30D,31D,32D,33D,34D,35D,36D,37D,38D. The first-order valence-electron chi connectivity index (χ1n) is 28.2. The summed E-state index contributed by atoms with van der Waals surface area (Å²) in [5, 5.41) is 1.20. The number of hydrogen-bond donors (Lipinski definition) is 0. The molecule has 1 aliphatic carbocycles. The van der Waals surface area contributed by atoms with Gasteiger partial charge in [-0.15, -0.1) is 0 Å². The van der Waals surface area contributed by atoms with Crippen LogP contribution >= 0.6 is 0 Å². The van der Waals surface area contributed by atoms with Crippen LogP contribution < -0.4 is 20.7 Å². The smallest absolute Gasteiger partial charge is 0.179 e. The quantitative estimate of drug-likeness (QED) is 0.113. The molecule has 57 heavy (non-hydrogen) atoms. The van der Waals surface area contributed by atoms with E-state index in [1.165, 1.54) is 0 Å². The molecular formula is C54H44N2Si. The second-order valence-electron chi connectivity index (χ2n) is 14.5. The molecule has 2 heterocycles. The topological polar surface area (TPSA) is 9.86 Å². The Morgan fingerprint density at radius 2 is 0.895 bits per heavy atom. The van der Waals surface area contributed by atoms with Crippen molar-refractivity contribution < 1.29 is 24.7 Å². The van der Waals surface area contributed by atoms with Gasteiger partial charge in [0.15, 0.2) is 8.07 Å². The van der Waals surface area contributed by atoms with E-state index >= 15 is 0 Å². The Morgan fingerprint density at radius 1 is 0.404 bits per heavy atom. The molecule has 2 aromatic heterocycles. The minimum Gasteiger partial charge on any atom is -0.309 e. The third-order valence-electron chi connectivity index (χ3n) is 11.4. The highest BCUT2D eigenvalue weighted by Crippen LogP contribution is 2.39. The summed E-state index contributed by atoms with van der Waals surface area (Å²) in [7, 11) is -3.83. The summed E-state index contributed by atoms with van der Waals surface area (Å²) >= 11 is 0. The van der Waals surface area contributed by atoms with Gasteiger partial charge in [0.05, 0.1) is 46.7 Å². The van der Waals surface area contributed by atoms with Gasteiger partial charge in [0.2, 0.25) is 0 Å². The molecule has 0 amide bonds. The molecule has 0 spiro atoms. The van der Waals surface area contributed by atoms with Crippen LogP contribution in [0.4, 0.5) is 0 Å². The molecule has 1 fully saturated rings. The molecule has 0 atom stereocenters. The van der Waals surface area contributed by atoms with Gasteiger partial charge in [0.1, 0.15) is 0 Å². The van der Waals surface area contributed by atoms with Crippen LogP contribution in [0, 0.1) is 0 Å². The highest BCUT2D eigenvalue weighted by molar-refractivity contribution is 7.19. The van der Waals surface area contributed by atoms with Crippen molar-refractivity contribution >= 4 is 72.4 Å². The molecule has 0 radical (unpaired) electrons. The van der Waals surface area contributed by atoms with Crippen LogP contribution in [0.5, 0.6) is 0 Å². The van der Waals surface area contributed by atoms with E-state index in [0.29, 0.717) is 12.8 Å². The molecule has 0 aliphatic heterocycles. The van der Waals surface area contributed by atoms with E-state index in [1.807, 2.05) is 91.0 Å². The minimum atomic E-state index is -3.83. The lowest BCUT2D eigenvalue weighted by atomic mass is 9.84. The molecule has 0 N–H and O–H groups in total.